The molecule has 7 nitrogen and oxygen atoms in total. The first-order valence-corrected chi connectivity index (χ1v) is 7.07. The lowest BCUT2D eigenvalue weighted by Gasteiger charge is -2.08. The summed E-state index contributed by atoms with van der Waals surface area (Å²) in [5.41, 5.74) is 1.62. The van der Waals surface area contributed by atoms with Crippen LogP contribution in [0, 0.1) is 10.1 Å². The van der Waals surface area contributed by atoms with Gasteiger partial charge in [-0.2, -0.15) is 16.3 Å². The summed E-state index contributed by atoms with van der Waals surface area (Å²) in [6, 6.07) is 6.28. The number of fused-ring (bicyclic) bond motifs is 1. The number of aliphatic hydroxyl groups is 1. The van der Waals surface area contributed by atoms with Crippen molar-refractivity contribution in [3.8, 4) is 0 Å². The van der Waals surface area contributed by atoms with Gasteiger partial charge in [-0.15, -0.1) is 0 Å². The van der Waals surface area contributed by atoms with Crippen LogP contribution in [-0.4, -0.2) is 21.6 Å². The number of thiophene rings is 1. The summed E-state index contributed by atoms with van der Waals surface area (Å²) >= 11 is 1.51. The van der Waals surface area contributed by atoms with E-state index >= 15 is 0 Å². The van der Waals surface area contributed by atoms with Crippen LogP contribution in [0.5, 0.6) is 0 Å². The molecule has 0 fully saturated rings. The summed E-state index contributed by atoms with van der Waals surface area (Å²) in [6.45, 7) is 0.242. The van der Waals surface area contributed by atoms with E-state index < -0.39 is 11.0 Å². The van der Waals surface area contributed by atoms with Crippen molar-refractivity contribution in [3.63, 3.8) is 0 Å². The third kappa shape index (κ3) is 2.86. The molecule has 0 aliphatic rings. The van der Waals surface area contributed by atoms with Crippen LogP contribution in [0.2, 0.25) is 0 Å². The Balaban J connectivity index is 1.74. The highest BCUT2D eigenvalue weighted by molar-refractivity contribution is 7.07. The number of hydrogen-bond donors (Lipinski definition) is 2. The predicted octanol–water partition coefficient (Wildman–Crippen LogP) is 2.94. The summed E-state index contributed by atoms with van der Waals surface area (Å²) in [6.07, 6.45) is -0.666. The molecule has 3 aromatic rings. The van der Waals surface area contributed by atoms with Crippen LogP contribution in [0.1, 0.15) is 11.7 Å². The van der Waals surface area contributed by atoms with E-state index in [-0.39, 0.29) is 18.2 Å². The molecule has 1 unspecified atom stereocenters. The monoisotopic (exact) mass is 305 g/mol. The van der Waals surface area contributed by atoms with E-state index in [0.29, 0.717) is 11.1 Å². The second-order valence-electron chi connectivity index (χ2n) is 4.38. The average molecular weight is 305 g/mol. The van der Waals surface area contributed by atoms with Gasteiger partial charge in [0.1, 0.15) is 5.52 Å². The van der Waals surface area contributed by atoms with Crippen LogP contribution in [0.15, 0.2) is 39.4 Å². The van der Waals surface area contributed by atoms with Crippen molar-refractivity contribution in [2.24, 2.45) is 0 Å². The summed E-state index contributed by atoms with van der Waals surface area (Å²) in [5.74, 6) is 0. The number of benzene rings is 1. The van der Waals surface area contributed by atoms with Gasteiger partial charge >= 0.3 is 0 Å². The van der Waals surface area contributed by atoms with Gasteiger partial charge in [0.15, 0.2) is 5.58 Å². The zero-order valence-electron chi connectivity index (χ0n) is 10.7. The first kappa shape index (κ1) is 13.5. The van der Waals surface area contributed by atoms with Gasteiger partial charge in [0.25, 0.3) is 11.7 Å². The molecular weight excluding hydrogens is 294 g/mol. The highest BCUT2D eigenvalue weighted by Gasteiger charge is 2.13. The Kier molecular flexibility index (Phi) is 3.55. The van der Waals surface area contributed by atoms with E-state index in [4.69, 9.17) is 4.42 Å². The lowest BCUT2D eigenvalue weighted by atomic mass is 10.2. The molecule has 21 heavy (non-hydrogen) atoms. The van der Waals surface area contributed by atoms with E-state index in [9.17, 15) is 15.2 Å². The number of aromatic nitrogens is 1. The second kappa shape index (κ2) is 5.51. The van der Waals surface area contributed by atoms with Gasteiger partial charge in [-0.3, -0.25) is 10.1 Å². The number of oxazole rings is 1. The number of rotatable bonds is 5. The number of hydrogen-bond acceptors (Lipinski definition) is 7. The van der Waals surface area contributed by atoms with Gasteiger partial charge in [0, 0.05) is 12.6 Å². The lowest BCUT2D eigenvalue weighted by Crippen LogP contribution is -2.11. The Morgan fingerprint density at radius 2 is 2.33 bits per heavy atom. The van der Waals surface area contributed by atoms with Crippen molar-refractivity contribution in [2.45, 2.75) is 6.10 Å². The minimum absolute atomic E-state index is 0.0523. The fraction of sp³-hybridized carbons (Fsp3) is 0.154. The highest BCUT2D eigenvalue weighted by atomic mass is 32.1. The van der Waals surface area contributed by atoms with Crippen molar-refractivity contribution >= 4 is 34.1 Å². The van der Waals surface area contributed by atoms with Crippen molar-refractivity contribution in [1.29, 1.82) is 0 Å². The third-order valence-corrected chi connectivity index (χ3v) is 3.66. The van der Waals surface area contributed by atoms with Crippen LogP contribution in [0.4, 0.5) is 11.7 Å². The molecule has 0 saturated heterocycles. The molecular formula is C13H11N3O4S. The van der Waals surface area contributed by atoms with E-state index in [1.807, 2.05) is 16.8 Å². The van der Waals surface area contributed by atoms with Crippen LogP contribution in [-0.2, 0) is 0 Å². The number of non-ortho nitro benzene ring substituents is 1. The predicted molar refractivity (Wildman–Crippen MR) is 78.4 cm³/mol. The molecule has 108 valence electrons. The van der Waals surface area contributed by atoms with Crippen molar-refractivity contribution in [3.05, 3.63) is 50.7 Å². The molecule has 0 bridgehead atoms. The van der Waals surface area contributed by atoms with Gasteiger partial charge in [0.05, 0.1) is 17.1 Å². The fourth-order valence-corrected chi connectivity index (χ4v) is 2.58. The molecule has 1 aromatic carbocycles. The van der Waals surface area contributed by atoms with Crippen molar-refractivity contribution in [2.75, 3.05) is 11.9 Å². The van der Waals surface area contributed by atoms with E-state index in [2.05, 4.69) is 10.3 Å². The number of anilines is 1. The summed E-state index contributed by atoms with van der Waals surface area (Å²) in [5, 5.41) is 27.3. The average Bonchev–Trinajstić information content (AvgIpc) is 3.12. The second-order valence-corrected chi connectivity index (χ2v) is 5.16. The molecule has 0 amide bonds. The molecule has 1 atom stereocenters. The molecule has 0 radical (unpaired) electrons. The van der Waals surface area contributed by atoms with Gasteiger partial charge in [-0.25, -0.2) is 0 Å². The van der Waals surface area contributed by atoms with E-state index in [1.165, 1.54) is 29.5 Å². The normalized spacial score (nSPS) is 12.4. The summed E-state index contributed by atoms with van der Waals surface area (Å²) in [7, 11) is 0. The molecule has 0 spiro atoms. The third-order valence-electron chi connectivity index (χ3n) is 2.96. The van der Waals surface area contributed by atoms with Gasteiger partial charge in [-0.1, -0.05) is 0 Å². The van der Waals surface area contributed by atoms with Crippen LogP contribution in [0.25, 0.3) is 11.1 Å². The number of nitro groups is 1. The van der Waals surface area contributed by atoms with Crippen molar-refractivity contribution in [1.82, 2.24) is 4.98 Å². The lowest BCUT2D eigenvalue weighted by molar-refractivity contribution is -0.384. The first-order chi connectivity index (χ1) is 10.1. The topological polar surface area (TPSA) is 101 Å². The molecule has 0 saturated carbocycles. The first-order valence-electron chi connectivity index (χ1n) is 6.12. The number of nitrogens with zero attached hydrogens (tertiary/aromatic N) is 2. The number of nitro benzene ring substituents is 1. The van der Waals surface area contributed by atoms with Gasteiger partial charge in [-0.05, 0) is 28.5 Å². The summed E-state index contributed by atoms with van der Waals surface area (Å²) in [4.78, 5) is 14.4. The maximum atomic E-state index is 10.7. The Hall–Kier alpha value is -2.45. The number of nitrogens with one attached hydrogen (secondary N) is 1. The Morgan fingerprint density at radius 1 is 1.48 bits per heavy atom. The minimum atomic E-state index is -0.666. The Morgan fingerprint density at radius 3 is 3.05 bits per heavy atom. The van der Waals surface area contributed by atoms with Gasteiger partial charge < -0.3 is 14.8 Å². The number of aliphatic hydroxyl groups excluding tert-OH is 1. The van der Waals surface area contributed by atoms with Gasteiger partial charge in [0.2, 0.25) is 0 Å². The smallest absolute Gasteiger partial charge is 0.295 e. The standard InChI is InChI=1S/C13H11N3O4S/c17-11(8-3-4-21-7-8)6-14-13-15-10-2-1-9(16(18)19)5-12(10)20-13/h1-5,7,11,17H,6H2,(H,14,15). The quantitative estimate of drug-likeness (QED) is 0.555. The molecule has 0 aliphatic carbocycles. The Bertz CT molecular complexity index is 769. The van der Waals surface area contributed by atoms with Crippen LogP contribution < -0.4 is 5.32 Å². The zero-order chi connectivity index (χ0) is 14.8. The minimum Gasteiger partial charge on any atom is -0.423 e. The van der Waals surface area contributed by atoms with E-state index in [1.54, 1.807) is 0 Å². The molecule has 8 heteroatoms. The van der Waals surface area contributed by atoms with Crippen LogP contribution >= 0.6 is 11.3 Å². The zero-order valence-corrected chi connectivity index (χ0v) is 11.5. The SMILES string of the molecule is O=[N+]([O-])c1ccc2nc(NCC(O)c3ccsc3)oc2c1. The van der Waals surface area contributed by atoms with Crippen LogP contribution in [0.3, 0.4) is 0 Å². The molecule has 2 N–H and O–H groups in total. The molecule has 0 aliphatic heterocycles. The largest absolute Gasteiger partial charge is 0.423 e. The maximum absolute atomic E-state index is 10.7. The molecule has 2 heterocycles. The molecule has 2 aromatic heterocycles. The maximum Gasteiger partial charge on any atom is 0.295 e. The highest BCUT2D eigenvalue weighted by Crippen LogP contribution is 2.24. The fourth-order valence-electron chi connectivity index (χ4n) is 1.87. The molecule has 3 rings (SSSR count). The van der Waals surface area contributed by atoms with E-state index in [0.717, 1.165) is 5.56 Å². The van der Waals surface area contributed by atoms with Crippen molar-refractivity contribution < 1.29 is 14.4 Å². The Labute approximate surface area is 123 Å². The summed E-state index contributed by atoms with van der Waals surface area (Å²) < 4.78 is 5.39.